The fraction of sp³-hybridized carbons (Fsp3) is 0.133. The second kappa shape index (κ2) is 5.56. The molecule has 5 heteroatoms. The Morgan fingerprint density at radius 2 is 2.10 bits per heavy atom. The molecule has 0 spiro atoms. The summed E-state index contributed by atoms with van der Waals surface area (Å²) in [6, 6.07) is 9.67. The Morgan fingerprint density at radius 3 is 2.85 bits per heavy atom. The highest BCUT2D eigenvalue weighted by molar-refractivity contribution is 9.10. The molecule has 0 fully saturated rings. The maximum absolute atomic E-state index is 9.43. The van der Waals surface area contributed by atoms with Crippen LogP contribution in [0.25, 0.3) is 11.0 Å². The van der Waals surface area contributed by atoms with Crippen LogP contribution in [-0.2, 0) is 13.2 Å². The van der Waals surface area contributed by atoms with E-state index in [4.69, 9.17) is 11.6 Å². The molecule has 0 aliphatic heterocycles. The van der Waals surface area contributed by atoms with Crippen molar-refractivity contribution in [1.29, 1.82) is 0 Å². The topological polar surface area (TPSA) is 38.0 Å². The molecule has 0 atom stereocenters. The zero-order chi connectivity index (χ0) is 14.1. The van der Waals surface area contributed by atoms with E-state index in [1.165, 1.54) is 0 Å². The number of benzene rings is 1. The Kier molecular flexibility index (Phi) is 3.78. The van der Waals surface area contributed by atoms with Gasteiger partial charge in [0.05, 0.1) is 13.2 Å². The van der Waals surface area contributed by atoms with Crippen LogP contribution >= 0.6 is 27.5 Å². The maximum atomic E-state index is 9.43. The van der Waals surface area contributed by atoms with Crippen LogP contribution in [-0.4, -0.2) is 14.7 Å². The molecule has 3 aromatic rings. The summed E-state index contributed by atoms with van der Waals surface area (Å²) in [5.74, 6) is 0. The lowest BCUT2D eigenvalue weighted by atomic mass is 10.2. The molecule has 3 rings (SSSR count). The van der Waals surface area contributed by atoms with Crippen molar-refractivity contribution >= 4 is 38.6 Å². The second-order valence-electron chi connectivity index (χ2n) is 4.55. The van der Waals surface area contributed by atoms with Crippen molar-refractivity contribution in [3.63, 3.8) is 0 Å². The van der Waals surface area contributed by atoms with Gasteiger partial charge in [-0.3, -0.25) is 0 Å². The monoisotopic (exact) mass is 350 g/mol. The van der Waals surface area contributed by atoms with Gasteiger partial charge in [-0.25, -0.2) is 4.98 Å². The van der Waals surface area contributed by atoms with E-state index >= 15 is 0 Å². The molecule has 3 nitrogen and oxygen atoms in total. The van der Waals surface area contributed by atoms with Crippen LogP contribution in [0.3, 0.4) is 0 Å². The van der Waals surface area contributed by atoms with E-state index in [0.717, 1.165) is 26.6 Å². The number of aromatic nitrogens is 2. The average Bonchev–Trinajstić information content (AvgIpc) is 2.80. The number of hydrogen-bond acceptors (Lipinski definition) is 2. The molecule has 102 valence electrons. The minimum absolute atomic E-state index is 0.00324. The average molecular weight is 352 g/mol. The van der Waals surface area contributed by atoms with Gasteiger partial charge in [-0.05, 0) is 29.8 Å². The first-order valence-corrected chi connectivity index (χ1v) is 7.33. The Morgan fingerprint density at radius 1 is 1.25 bits per heavy atom. The van der Waals surface area contributed by atoms with Crippen molar-refractivity contribution in [3.8, 4) is 0 Å². The van der Waals surface area contributed by atoms with Crippen molar-refractivity contribution in [1.82, 2.24) is 9.55 Å². The molecule has 0 saturated carbocycles. The van der Waals surface area contributed by atoms with Crippen LogP contribution < -0.4 is 0 Å². The SMILES string of the molecule is OCc1cn(Cc2ccc(Br)cc2Cl)c2ncccc12. The molecule has 1 aromatic carbocycles. The van der Waals surface area contributed by atoms with Gasteiger partial charge in [0.25, 0.3) is 0 Å². The normalized spacial score (nSPS) is 11.2. The number of hydrogen-bond donors (Lipinski definition) is 1. The first-order valence-electron chi connectivity index (χ1n) is 6.16. The number of aliphatic hydroxyl groups excluding tert-OH is 1. The highest BCUT2D eigenvalue weighted by Gasteiger charge is 2.10. The third-order valence-electron chi connectivity index (χ3n) is 3.24. The number of fused-ring (bicyclic) bond motifs is 1. The lowest BCUT2D eigenvalue weighted by Gasteiger charge is -2.07. The summed E-state index contributed by atoms with van der Waals surface area (Å²) in [5, 5.41) is 11.1. The first-order chi connectivity index (χ1) is 9.69. The van der Waals surface area contributed by atoms with E-state index in [-0.39, 0.29) is 6.61 Å². The van der Waals surface area contributed by atoms with E-state index in [0.29, 0.717) is 11.6 Å². The van der Waals surface area contributed by atoms with Gasteiger partial charge in [0.1, 0.15) is 5.65 Å². The van der Waals surface area contributed by atoms with Gasteiger partial charge in [0.15, 0.2) is 0 Å². The zero-order valence-corrected chi connectivity index (χ0v) is 12.9. The molecule has 2 heterocycles. The van der Waals surface area contributed by atoms with Gasteiger partial charge in [-0.1, -0.05) is 33.6 Å². The van der Waals surface area contributed by atoms with E-state index in [9.17, 15) is 5.11 Å². The Balaban J connectivity index is 2.06. The molecule has 1 N–H and O–H groups in total. The quantitative estimate of drug-likeness (QED) is 0.775. The molecular weight excluding hydrogens is 340 g/mol. The largest absolute Gasteiger partial charge is 0.392 e. The number of pyridine rings is 1. The minimum atomic E-state index is 0.00324. The number of aliphatic hydroxyl groups is 1. The van der Waals surface area contributed by atoms with Crippen LogP contribution in [0, 0.1) is 0 Å². The van der Waals surface area contributed by atoms with Gasteiger partial charge in [0, 0.05) is 32.8 Å². The van der Waals surface area contributed by atoms with Crippen molar-refractivity contribution < 1.29 is 5.11 Å². The summed E-state index contributed by atoms with van der Waals surface area (Å²) in [7, 11) is 0. The highest BCUT2D eigenvalue weighted by Crippen LogP contribution is 2.25. The molecule has 2 aromatic heterocycles. The van der Waals surface area contributed by atoms with Gasteiger partial charge in [0.2, 0.25) is 0 Å². The minimum Gasteiger partial charge on any atom is -0.392 e. The van der Waals surface area contributed by atoms with Crippen LogP contribution in [0.2, 0.25) is 5.02 Å². The van der Waals surface area contributed by atoms with Gasteiger partial charge < -0.3 is 9.67 Å². The van der Waals surface area contributed by atoms with Crippen molar-refractivity contribution in [2.75, 3.05) is 0 Å². The summed E-state index contributed by atoms with van der Waals surface area (Å²) < 4.78 is 2.97. The fourth-order valence-electron chi connectivity index (χ4n) is 2.28. The standard InChI is InChI=1S/C15H12BrClN2O/c16-12-4-3-10(14(17)6-12)7-19-8-11(9-20)13-2-1-5-18-15(13)19/h1-6,8,20H,7,9H2. The predicted octanol–water partition coefficient (Wildman–Crippen LogP) is 3.99. The lowest BCUT2D eigenvalue weighted by molar-refractivity contribution is 0.283. The second-order valence-corrected chi connectivity index (χ2v) is 5.87. The summed E-state index contributed by atoms with van der Waals surface area (Å²) in [6.07, 6.45) is 3.68. The smallest absolute Gasteiger partial charge is 0.140 e. The predicted molar refractivity (Wildman–Crippen MR) is 83.9 cm³/mol. The van der Waals surface area contributed by atoms with Crippen LogP contribution in [0.4, 0.5) is 0 Å². The highest BCUT2D eigenvalue weighted by atomic mass is 79.9. The van der Waals surface area contributed by atoms with Crippen LogP contribution in [0.1, 0.15) is 11.1 Å². The summed E-state index contributed by atoms with van der Waals surface area (Å²) in [6.45, 7) is 0.628. The summed E-state index contributed by atoms with van der Waals surface area (Å²) in [5.41, 5.74) is 2.75. The third-order valence-corrected chi connectivity index (χ3v) is 4.09. The van der Waals surface area contributed by atoms with Crippen LogP contribution in [0.15, 0.2) is 47.2 Å². The summed E-state index contributed by atoms with van der Waals surface area (Å²) in [4.78, 5) is 4.39. The first kappa shape index (κ1) is 13.6. The summed E-state index contributed by atoms with van der Waals surface area (Å²) >= 11 is 9.66. The van der Waals surface area contributed by atoms with Crippen molar-refractivity contribution in [2.45, 2.75) is 13.2 Å². The zero-order valence-electron chi connectivity index (χ0n) is 10.6. The Hall–Kier alpha value is -1.36. The van der Waals surface area contributed by atoms with E-state index in [1.54, 1.807) is 6.20 Å². The van der Waals surface area contributed by atoms with Gasteiger partial charge >= 0.3 is 0 Å². The van der Waals surface area contributed by atoms with E-state index in [2.05, 4.69) is 20.9 Å². The Labute approximate surface area is 130 Å². The molecule has 0 aliphatic carbocycles. The van der Waals surface area contributed by atoms with E-state index < -0.39 is 0 Å². The van der Waals surface area contributed by atoms with Gasteiger partial charge in [-0.2, -0.15) is 0 Å². The molecule has 0 aliphatic rings. The molecular formula is C15H12BrClN2O. The Bertz CT molecular complexity index is 770. The maximum Gasteiger partial charge on any atom is 0.140 e. The molecule has 0 radical (unpaired) electrons. The molecule has 0 saturated heterocycles. The number of nitrogens with zero attached hydrogens (tertiary/aromatic N) is 2. The molecule has 0 unspecified atom stereocenters. The molecule has 20 heavy (non-hydrogen) atoms. The van der Waals surface area contributed by atoms with Crippen molar-refractivity contribution in [3.05, 3.63) is 63.3 Å². The van der Waals surface area contributed by atoms with Crippen molar-refractivity contribution in [2.24, 2.45) is 0 Å². The molecule has 0 amide bonds. The third kappa shape index (κ3) is 2.46. The van der Waals surface area contributed by atoms with Gasteiger partial charge in [-0.15, -0.1) is 0 Å². The number of halogens is 2. The van der Waals surface area contributed by atoms with E-state index in [1.807, 2.05) is 41.1 Å². The fourth-order valence-corrected chi connectivity index (χ4v) is 3.01. The lowest BCUT2D eigenvalue weighted by Crippen LogP contribution is -1.99. The number of rotatable bonds is 3. The van der Waals surface area contributed by atoms with Crippen LogP contribution in [0.5, 0.6) is 0 Å². The molecule has 0 bridgehead atoms.